The van der Waals surface area contributed by atoms with Gasteiger partial charge in [0.2, 0.25) is 5.89 Å². The fraction of sp³-hybridized carbons (Fsp3) is 0. The summed E-state index contributed by atoms with van der Waals surface area (Å²) in [6, 6.07) is 53.2. The minimum atomic E-state index is 0.621. The highest BCUT2D eigenvalue weighted by Crippen LogP contribution is 2.35. The van der Waals surface area contributed by atoms with Gasteiger partial charge in [-0.15, -0.1) is 0 Å². The van der Waals surface area contributed by atoms with Crippen LogP contribution in [0.25, 0.3) is 79.0 Å². The van der Waals surface area contributed by atoms with Gasteiger partial charge in [-0.3, -0.25) is 0 Å². The molecule has 212 valence electrons. The zero-order chi connectivity index (χ0) is 30.0. The molecule has 5 nitrogen and oxygen atoms in total. The third-order valence-electron chi connectivity index (χ3n) is 7.82. The molecule has 5 heteroatoms. The van der Waals surface area contributed by atoms with Crippen molar-refractivity contribution in [3.63, 3.8) is 0 Å². The maximum atomic E-state index is 5.98. The van der Waals surface area contributed by atoms with Gasteiger partial charge in [0.1, 0.15) is 5.52 Å². The van der Waals surface area contributed by atoms with E-state index in [0.29, 0.717) is 23.4 Å². The summed E-state index contributed by atoms with van der Waals surface area (Å²) in [5.41, 5.74) is 9.93. The van der Waals surface area contributed by atoms with Crippen LogP contribution in [-0.2, 0) is 0 Å². The standard InChI is InChI=1S/C40H26N4O/c1-3-11-29(12-4-1)37-42-38(30-13-5-2-6-14-30)44-39(43-37)31-23-19-27(20-24-31)33-15-7-8-16-34(33)28-21-25-32(26-22-28)40-41-35-17-9-10-18-36(35)45-40/h1-26H. The largest absolute Gasteiger partial charge is 0.436 e. The summed E-state index contributed by atoms with van der Waals surface area (Å²) < 4.78 is 5.98. The van der Waals surface area contributed by atoms with Crippen molar-refractivity contribution in [3.05, 3.63) is 158 Å². The molecule has 0 saturated heterocycles. The van der Waals surface area contributed by atoms with Gasteiger partial charge in [-0.05, 0) is 46.5 Å². The summed E-state index contributed by atoms with van der Waals surface area (Å²) >= 11 is 0. The van der Waals surface area contributed by atoms with E-state index in [-0.39, 0.29) is 0 Å². The first kappa shape index (κ1) is 26.4. The third kappa shape index (κ3) is 5.28. The fourth-order valence-electron chi connectivity index (χ4n) is 5.51. The number of hydrogen-bond acceptors (Lipinski definition) is 5. The van der Waals surface area contributed by atoms with Crippen LogP contribution in [0, 0.1) is 0 Å². The molecule has 0 unspecified atom stereocenters. The number of hydrogen-bond donors (Lipinski definition) is 0. The van der Waals surface area contributed by atoms with Crippen molar-refractivity contribution >= 4 is 11.1 Å². The van der Waals surface area contributed by atoms with E-state index in [0.717, 1.165) is 55.6 Å². The van der Waals surface area contributed by atoms with E-state index in [4.69, 9.17) is 19.4 Å². The van der Waals surface area contributed by atoms with Crippen molar-refractivity contribution in [3.8, 4) is 67.9 Å². The lowest BCUT2D eigenvalue weighted by molar-refractivity contribution is 0.620. The van der Waals surface area contributed by atoms with Crippen LogP contribution in [0.3, 0.4) is 0 Å². The SMILES string of the molecule is c1ccc(-c2nc(-c3ccccc3)nc(-c3ccc(-c4ccccc4-c4ccc(-c5nc6ccccc6o5)cc4)cc3)n2)cc1. The molecular weight excluding hydrogens is 552 g/mol. The molecule has 6 aromatic carbocycles. The van der Waals surface area contributed by atoms with Crippen molar-refractivity contribution in [2.24, 2.45) is 0 Å². The number of nitrogens with zero attached hydrogens (tertiary/aromatic N) is 4. The predicted molar refractivity (Wildman–Crippen MR) is 180 cm³/mol. The molecule has 0 radical (unpaired) electrons. The van der Waals surface area contributed by atoms with Crippen molar-refractivity contribution in [2.75, 3.05) is 0 Å². The van der Waals surface area contributed by atoms with Crippen molar-refractivity contribution in [1.29, 1.82) is 0 Å². The van der Waals surface area contributed by atoms with Crippen molar-refractivity contribution < 1.29 is 4.42 Å². The molecule has 0 aliphatic rings. The molecular formula is C40H26N4O. The van der Waals surface area contributed by atoms with Crippen LogP contribution in [-0.4, -0.2) is 19.9 Å². The average Bonchev–Trinajstić information content (AvgIpc) is 3.57. The van der Waals surface area contributed by atoms with Crippen LogP contribution in [0.4, 0.5) is 0 Å². The molecule has 0 spiro atoms. The monoisotopic (exact) mass is 578 g/mol. The third-order valence-corrected chi connectivity index (χ3v) is 7.82. The minimum absolute atomic E-state index is 0.621. The maximum Gasteiger partial charge on any atom is 0.227 e. The molecule has 8 aromatic rings. The van der Waals surface area contributed by atoms with Crippen LogP contribution in [0.5, 0.6) is 0 Å². The molecule has 0 aliphatic carbocycles. The summed E-state index contributed by atoms with van der Waals surface area (Å²) in [6.07, 6.45) is 0. The van der Waals surface area contributed by atoms with Crippen LogP contribution in [0.2, 0.25) is 0 Å². The number of para-hydroxylation sites is 2. The van der Waals surface area contributed by atoms with E-state index in [1.54, 1.807) is 0 Å². The van der Waals surface area contributed by atoms with Crippen LogP contribution in [0.1, 0.15) is 0 Å². The summed E-state index contributed by atoms with van der Waals surface area (Å²) in [5.74, 6) is 2.55. The normalized spacial score (nSPS) is 11.1. The van der Waals surface area contributed by atoms with Gasteiger partial charge in [-0.2, -0.15) is 0 Å². The summed E-state index contributed by atoms with van der Waals surface area (Å²) in [5, 5.41) is 0. The van der Waals surface area contributed by atoms with Gasteiger partial charge in [0.05, 0.1) is 0 Å². The van der Waals surface area contributed by atoms with E-state index in [1.807, 2.05) is 84.9 Å². The Morgan fingerprint density at radius 1 is 0.311 bits per heavy atom. The lowest BCUT2D eigenvalue weighted by Gasteiger charge is -2.12. The highest BCUT2D eigenvalue weighted by Gasteiger charge is 2.14. The van der Waals surface area contributed by atoms with Crippen molar-refractivity contribution in [1.82, 2.24) is 19.9 Å². The molecule has 0 atom stereocenters. The fourth-order valence-corrected chi connectivity index (χ4v) is 5.51. The second-order valence-corrected chi connectivity index (χ2v) is 10.7. The number of oxazole rings is 1. The summed E-state index contributed by atoms with van der Waals surface area (Å²) in [4.78, 5) is 19.2. The molecule has 0 N–H and O–H groups in total. The second kappa shape index (κ2) is 11.5. The van der Waals surface area contributed by atoms with Crippen LogP contribution < -0.4 is 0 Å². The van der Waals surface area contributed by atoms with Crippen molar-refractivity contribution in [2.45, 2.75) is 0 Å². The Kier molecular flexibility index (Phi) is 6.74. The van der Waals surface area contributed by atoms with Gasteiger partial charge in [-0.1, -0.05) is 133 Å². The Labute approximate surface area is 260 Å². The topological polar surface area (TPSA) is 64.7 Å². The zero-order valence-corrected chi connectivity index (χ0v) is 24.2. The zero-order valence-electron chi connectivity index (χ0n) is 24.2. The molecule has 0 amide bonds. The van der Waals surface area contributed by atoms with Gasteiger partial charge < -0.3 is 4.42 Å². The molecule has 8 rings (SSSR count). The van der Waals surface area contributed by atoms with Crippen LogP contribution in [0.15, 0.2) is 162 Å². The highest BCUT2D eigenvalue weighted by atomic mass is 16.3. The lowest BCUT2D eigenvalue weighted by atomic mass is 9.93. The van der Waals surface area contributed by atoms with Gasteiger partial charge in [-0.25, -0.2) is 19.9 Å². The predicted octanol–water partition coefficient (Wildman–Crippen LogP) is 10.0. The molecule has 2 heterocycles. The van der Waals surface area contributed by atoms with E-state index in [1.165, 1.54) is 0 Å². The first-order valence-corrected chi connectivity index (χ1v) is 14.8. The summed E-state index contributed by atoms with van der Waals surface area (Å²) in [7, 11) is 0. The van der Waals surface area contributed by atoms with Gasteiger partial charge in [0.25, 0.3) is 0 Å². The molecule has 0 saturated carbocycles. The Hall–Kier alpha value is -6.20. The second-order valence-electron chi connectivity index (χ2n) is 10.7. The average molecular weight is 579 g/mol. The van der Waals surface area contributed by atoms with Gasteiger partial charge in [0, 0.05) is 22.3 Å². The number of aromatic nitrogens is 4. The Bertz CT molecular complexity index is 2150. The lowest BCUT2D eigenvalue weighted by Crippen LogP contribution is -2.00. The van der Waals surface area contributed by atoms with E-state index in [9.17, 15) is 0 Å². The Morgan fingerprint density at radius 3 is 1.22 bits per heavy atom. The molecule has 45 heavy (non-hydrogen) atoms. The quantitative estimate of drug-likeness (QED) is 0.196. The minimum Gasteiger partial charge on any atom is -0.436 e. The van der Waals surface area contributed by atoms with E-state index < -0.39 is 0 Å². The smallest absolute Gasteiger partial charge is 0.227 e. The molecule has 2 aromatic heterocycles. The number of rotatable bonds is 6. The number of benzene rings is 6. The first-order chi connectivity index (χ1) is 22.3. The van der Waals surface area contributed by atoms with Gasteiger partial charge in [0.15, 0.2) is 23.1 Å². The highest BCUT2D eigenvalue weighted by molar-refractivity contribution is 5.85. The van der Waals surface area contributed by atoms with Gasteiger partial charge >= 0.3 is 0 Å². The maximum absolute atomic E-state index is 5.98. The summed E-state index contributed by atoms with van der Waals surface area (Å²) in [6.45, 7) is 0. The Morgan fingerprint density at radius 2 is 0.711 bits per heavy atom. The number of fused-ring (bicyclic) bond motifs is 1. The first-order valence-electron chi connectivity index (χ1n) is 14.8. The molecule has 0 bridgehead atoms. The van der Waals surface area contributed by atoms with E-state index >= 15 is 0 Å². The van der Waals surface area contributed by atoms with E-state index in [2.05, 4.69) is 77.8 Å². The molecule has 0 aliphatic heterocycles. The molecule has 0 fully saturated rings. The Balaban J connectivity index is 1.13. The van der Waals surface area contributed by atoms with Crippen LogP contribution >= 0.6 is 0 Å².